The van der Waals surface area contributed by atoms with Gasteiger partial charge in [-0.3, -0.25) is 4.98 Å². The molecule has 1 unspecified atom stereocenters. The molecule has 1 aliphatic rings. The Hall–Kier alpha value is 0.0700. The highest BCUT2D eigenvalue weighted by atomic mass is 79.9. The van der Waals surface area contributed by atoms with E-state index in [9.17, 15) is 5.11 Å². The summed E-state index contributed by atoms with van der Waals surface area (Å²) in [6.07, 6.45) is 4.64. The van der Waals surface area contributed by atoms with Crippen molar-refractivity contribution in [2.45, 2.75) is 25.4 Å². The van der Waals surface area contributed by atoms with Gasteiger partial charge in [0.15, 0.2) is 0 Å². The second-order valence-electron chi connectivity index (χ2n) is 3.72. The van der Waals surface area contributed by atoms with Crippen LogP contribution in [0.2, 0.25) is 0 Å². The fourth-order valence-corrected chi connectivity index (χ4v) is 2.70. The summed E-state index contributed by atoms with van der Waals surface area (Å²) < 4.78 is 1.80. The standard InChI is InChI=1S/C10H11Br2NO/c11-7-4-8(12)10(13-5-7)9(14)3-6-1-2-6/h4-6,9,14H,1-3H2. The van der Waals surface area contributed by atoms with Crippen molar-refractivity contribution in [2.24, 2.45) is 5.92 Å². The Bertz CT molecular complexity index is 339. The molecule has 1 fully saturated rings. The molecule has 0 saturated heterocycles. The first-order valence-electron chi connectivity index (χ1n) is 4.66. The first-order chi connectivity index (χ1) is 6.66. The molecule has 1 saturated carbocycles. The van der Waals surface area contributed by atoms with E-state index in [-0.39, 0.29) is 0 Å². The molecule has 14 heavy (non-hydrogen) atoms. The predicted molar refractivity (Wildman–Crippen MR) is 61.9 cm³/mol. The Balaban J connectivity index is 2.13. The number of hydrogen-bond acceptors (Lipinski definition) is 2. The van der Waals surface area contributed by atoms with Gasteiger partial charge in [0, 0.05) is 15.1 Å². The zero-order chi connectivity index (χ0) is 10.1. The van der Waals surface area contributed by atoms with Crippen LogP contribution in [0, 0.1) is 5.92 Å². The molecule has 0 aromatic carbocycles. The molecule has 1 heterocycles. The van der Waals surface area contributed by atoms with Gasteiger partial charge in [-0.15, -0.1) is 0 Å². The minimum atomic E-state index is -0.426. The van der Waals surface area contributed by atoms with Crippen LogP contribution in [-0.2, 0) is 0 Å². The lowest BCUT2D eigenvalue weighted by Gasteiger charge is -2.11. The monoisotopic (exact) mass is 319 g/mol. The molecule has 0 bridgehead atoms. The summed E-state index contributed by atoms with van der Waals surface area (Å²) in [5, 5.41) is 9.89. The summed E-state index contributed by atoms with van der Waals surface area (Å²) in [5.74, 6) is 0.711. The Kier molecular flexibility index (Phi) is 3.24. The van der Waals surface area contributed by atoms with Crippen LogP contribution >= 0.6 is 31.9 Å². The van der Waals surface area contributed by atoms with Crippen molar-refractivity contribution < 1.29 is 5.11 Å². The second kappa shape index (κ2) is 4.29. The molecular weight excluding hydrogens is 310 g/mol. The predicted octanol–water partition coefficient (Wildman–Crippen LogP) is 3.44. The number of aromatic nitrogens is 1. The average molecular weight is 321 g/mol. The number of rotatable bonds is 3. The number of nitrogens with zero attached hydrogens (tertiary/aromatic N) is 1. The molecule has 1 N–H and O–H groups in total. The lowest BCUT2D eigenvalue weighted by molar-refractivity contribution is 0.155. The van der Waals surface area contributed by atoms with Crippen LogP contribution in [0.3, 0.4) is 0 Å². The average Bonchev–Trinajstić information content (AvgIpc) is 2.87. The van der Waals surface area contributed by atoms with Crippen LogP contribution in [0.1, 0.15) is 31.1 Å². The third kappa shape index (κ3) is 2.55. The normalized spacial score (nSPS) is 18.2. The van der Waals surface area contributed by atoms with Crippen molar-refractivity contribution in [2.75, 3.05) is 0 Å². The molecule has 4 heteroatoms. The first kappa shape index (κ1) is 10.6. The van der Waals surface area contributed by atoms with Gasteiger partial charge in [0.25, 0.3) is 0 Å². The maximum Gasteiger partial charge on any atom is 0.0973 e. The van der Waals surface area contributed by atoms with E-state index < -0.39 is 6.10 Å². The van der Waals surface area contributed by atoms with Crippen LogP contribution < -0.4 is 0 Å². The number of pyridine rings is 1. The van der Waals surface area contributed by atoms with Crippen molar-refractivity contribution in [1.29, 1.82) is 0 Å². The first-order valence-corrected chi connectivity index (χ1v) is 6.24. The minimum Gasteiger partial charge on any atom is -0.387 e. The zero-order valence-electron chi connectivity index (χ0n) is 7.58. The maximum atomic E-state index is 9.89. The Morgan fingerprint density at radius 1 is 1.50 bits per heavy atom. The highest BCUT2D eigenvalue weighted by molar-refractivity contribution is 9.11. The van der Waals surface area contributed by atoms with Gasteiger partial charge in [0.05, 0.1) is 11.8 Å². The Labute approximate surface area is 100.0 Å². The SMILES string of the molecule is OC(CC1CC1)c1ncc(Br)cc1Br. The van der Waals surface area contributed by atoms with E-state index in [0.29, 0.717) is 5.92 Å². The highest BCUT2D eigenvalue weighted by Crippen LogP contribution is 2.38. The summed E-state index contributed by atoms with van der Waals surface area (Å²) in [4.78, 5) is 4.21. The molecule has 0 radical (unpaired) electrons. The van der Waals surface area contributed by atoms with Crippen molar-refractivity contribution in [1.82, 2.24) is 4.98 Å². The summed E-state index contributed by atoms with van der Waals surface area (Å²) in [5.41, 5.74) is 0.750. The van der Waals surface area contributed by atoms with Crippen LogP contribution in [0.15, 0.2) is 21.2 Å². The number of halogens is 2. The molecular formula is C10H11Br2NO. The van der Waals surface area contributed by atoms with Gasteiger partial charge in [-0.05, 0) is 50.3 Å². The Morgan fingerprint density at radius 3 is 2.79 bits per heavy atom. The van der Waals surface area contributed by atoms with Crippen molar-refractivity contribution in [3.05, 3.63) is 26.9 Å². The molecule has 1 atom stereocenters. The smallest absolute Gasteiger partial charge is 0.0973 e. The minimum absolute atomic E-state index is 0.426. The van der Waals surface area contributed by atoms with Crippen LogP contribution in [-0.4, -0.2) is 10.1 Å². The van der Waals surface area contributed by atoms with E-state index in [2.05, 4.69) is 36.8 Å². The molecule has 2 nitrogen and oxygen atoms in total. The second-order valence-corrected chi connectivity index (χ2v) is 5.49. The van der Waals surface area contributed by atoms with E-state index in [1.807, 2.05) is 6.07 Å². The molecule has 1 aliphatic carbocycles. The van der Waals surface area contributed by atoms with Crippen LogP contribution in [0.25, 0.3) is 0 Å². The van der Waals surface area contributed by atoms with E-state index in [0.717, 1.165) is 21.1 Å². The number of aliphatic hydroxyl groups excluding tert-OH is 1. The Morgan fingerprint density at radius 2 is 2.21 bits per heavy atom. The van der Waals surface area contributed by atoms with Crippen molar-refractivity contribution in [3.8, 4) is 0 Å². The molecule has 1 aromatic rings. The summed E-state index contributed by atoms with van der Waals surface area (Å²) >= 11 is 6.74. The van der Waals surface area contributed by atoms with Gasteiger partial charge in [-0.1, -0.05) is 12.8 Å². The highest BCUT2D eigenvalue weighted by Gasteiger charge is 2.26. The lowest BCUT2D eigenvalue weighted by atomic mass is 10.1. The fourth-order valence-electron chi connectivity index (χ4n) is 1.45. The topological polar surface area (TPSA) is 33.1 Å². The number of hydrogen-bond donors (Lipinski definition) is 1. The zero-order valence-corrected chi connectivity index (χ0v) is 10.8. The van der Waals surface area contributed by atoms with E-state index in [1.165, 1.54) is 12.8 Å². The van der Waals surface area contributed by atoms with Gasteiger partial charge in [-0.2, -0.15) is 0 Å². The molecule has 0 aliphatic heterocycles. The number of aliphatic hydroxyl groups is 1. The third-order valence-electron chi connectivity index (χ3n) is 2.41. The van der Waals surface area contributed by atoms with Gasteiger partial charge in [-0.25, -0.2) is 0 Å². The lowest BCUT2D eigenvalue weighted by Crippen LogP contribution is -2.02. The summed E-state index contributed by atoms with van der Waals surface area (Å²) in [6, 6.07) is 1.92. The maximum absolute atomic E-state index is 9.89. The quantitative estimate of drug-likeness (QED) is 0.925. The summed E-state index contributed by atoms with van der Waals surface area (Å²) in [7, 11) is 0. The van der Waals surface area contributed by atoms with Gasteiger partial charge < -0.3 is 5.11 Å². The van der Waals surface area contributed by atoms with Gasteiger partial charge >= 0.3 is 0 Å². The van der Waals surface area contributed by atoms with E-state index in [4.69, 9.17) is 0 Å². The van der Waals surface area contributed by atoms with Crippen LogP contribution in [0.5, 0.6) is 0 Å². The van der Waals surface area contributed by atoms with Crippen molar-refractivity contribution >= 4 is 31.9 Å². The van der Waals surface area contributed by atoms with Crippen molar-refractivity contribution in [3.63, 3.8) is 0 Å². The van der Waals surface area contributed by atoms with Gasteiger partial charge in [0.1, 0.15) is 0 Å². The molecule has 2 rings (SSSR count). The summed E-state index contributed by atoms with van der Waals surface area (Å²) in [6.45, 7) is 0. The third-order valence-corrected chi connectivity index (χ3v) is 3.47. The van der Waals surface area contributed by atoms with Crippen LogP contribution in [0.4, 0.5) is 0 Å². The molecule has 76 valence electrons. The van der Waals surface area contributed by atoms with E-state index in [1.54, 1.807) is 6.20 Å². The largest absolute Gasteiger partial charge is 0.387 e. The van der Waals surface area contributed by atoms with E-state index >= 15 is 0 Å². The van der Waals surface area contributed by atoms with Gasteiger partial charge in [0.2, 0.25) is 0 Å². The fraction of sp³-hybridized carbons (Fsp3) is 0.500. The molecule has 0 amide bonds. The molecule has 0 spiro atoms. The molecule has 1 aromatic heterocycles.